The molecule has 3 unspecified atom stereocenters. The third-order valence-electron chi connectivity index (χ3n) is 9.05. The van der Waals surface area contributed by atoms with E-state index >= 15 is 0 Å². The Labute approximate surface area is 265 Å². The highest BCUT2D eigenvalue weighted by Crippen LogP contribution is 2.46. The lowest BCUT2D eigenvalue weighted by molar-refractivity contribution is -0.0577. The fourth-order valence-corrected chi connectivity index (χ4v) is 8.22. The van der Waals surface area contributed by atoms with Gasteiger partial charge in [-0.1, -0.05) is 72.8 Å². The average Bonchev–Trinajstić information content (AvgIpc) is 3.38. The molecule has 1 aliphatic heterocycles. The zero-order chi connectivity index (χ0) is 30.9. The summed E-state index contributed by atoms with van der Waals surface area (Å²) in [5.41, 5.74) is 2.45. The number of halogens is 1. The molecule has 234 valence electrons. The fourth-order valence-electron chi connectivity index (χ4n) is 7.09. The van der Waals surface area contributed by atoms with E-state index in [0.29, 0.717) is 11.7 Å². The van der Waals surface area contributed by atoms with Crippen LogP contribution in [0.4, 0.5) is 9.18 Å². The van der Waals surface area contributed by atoms with Crippen molar-refractivity contribution in [2.45, 2.75) is 55.7 Å². The lowest BCUT2D eigenvalue weighted by atomic mass is 9.72. The van der Waals surface area contributed by atoms with Crippen molar-refractivity contribution in [1.82, 2.24) is 9.80 Å². The van der Waals surface area contributed by atoms with Gasteiger partial charge in [0.2, 0.25) is 5.72 Å². The average molecular weight is 618 g/mol. The van der Waals surface area contributed by atoms with Gasteiger partial charge in [-0.15, -0.1) is 0 Å². The third kappa shape index (κ3) is 7.83. The highest BCUT2D eigenvalue weighted by molar-refractivity contribution is 7.98. The Hall–Kier alpha value is -3.36. The van der Waals surface area contributed by atoms with E-state index in [9.17, 15) is 9.18 Å². The van der Waals surface area contributed by atoms with Crippen molar-refractivity contribution in [2.75, 3.05) is 33.5 Å². The predicted octanol–water partition coefficient (Wildman–Crippen LogP) is 7.60. The summed E-state index contributed by atoms with van der Waals surface area (Å²) >= 11 is 1.73. The first-order valence-corrected chi connectivity index (χ1v) is 16.7. The summed E-state index contributed by atoms with van der Waals surface area (Å²) in [6.45, 7) is 0.775. The number of hydrogen-bond donors (Lipinski definition) is 0. The molecule has 3 aromatic carbocycles. The molecule has 1 aliphatic carbocycles. The Morgan fingerprint density at radius 1 is 1.00 bits per heavy atom. The van der Waals surface area contributed by atoms with E-state index in [0.717, 1.165) is 50.0 Å². The number of rotatable bonds is 12. The van der Waals surface area contributed by atoms with Gasteiger partial charge in [-0.3, -0.25) is 0 Å². The Balaban J connectivity index is 1.37. The summed E-state index contributed by atoms with van der Waals surface area (Å²) in [5, 5.41) is 0. The lowest BCUT2D eigenvalue weighted by Gasteiger charge is -2.44. The number of methoxy groups -OCH3 is 1. The lowest BCUT2D eigenvalue weighted by Crippen LogP contribution is -2.55. The molecule has 0 spiro atoms. The van der Waals surface area contributed by atoms with Crippen LogP contribution in [0.1, 0.15) is 48.4 Å². The van der Waals surface area contributed by atoms with E-state index in [-0.39, 0.29) is 23.8 Å². The number of ether oxygens (including phenoxy) is 2. The van der Waals surface area contributed by atoms with Gasteiger partial charge in [0.15, 0.2) is 0 Å². The molecule has 6 nitrogen and oxygen atoms in total. The number of hydrogen-bond acceptors (Lipinski definition) is 7. The minimum Gasteiger partial charge on any atom is -0.438 e. The minimum atomic E-state index is -1.05. The highest BCUT2D eigenvalue weighted by atomic mass is 32.2. The van der Waals surface area contributed by atoms with Crippen molar-refractivity contribution in [1.29, 1.82) is 0 Å². The van der Waals surface area contributed by atoms with Crippen molar-refractivity contribution in [3.8, 4) is 0 Å². The number of carbonyl (C=O) groups excluding carboxylic acids is 1. The van der Waals surface area contributed by atoms with Gasteiger partial charge in [0, 0.05) is 18.3 Å². The largest absolute Gasteiger partial charge is 0.510 e. The Morgan fingerprint density at radius 2 is 1.68 bits per heavy atom. The van der Waals surface area contributed by atoms with E-state index in [1.54, 1.807) is 23.9 Å². The van der Waals surface area contributed by atoms with Crippen LogP contribution in [0.15, 0.2) is 89.9 Å². The molecule has 2 aliphatic rings. The number of thioether (sulfide) groups is 1. The maximum Gasteiger partial charge on any atom is 0.510 e. The quantitative estimate of drug-likeness (QED) is 0.195. The first-order valence-electron chi connectivity index (χ1n) is 15.5. The summed E-state index contributed by atoms with van der Waals surface area (Å²) in [7, 11) is 5.51. The van der Waals surface area contributed by atoms with Crippen LogP contribution >= 0.6 is 11.8 Å². The zero-order valence-corrected chi connectivity index (χ0v) is 26.8. The van der Waals surface area contributed by atoms with Crippen LogP contribution in [0.3, 0.4) is 0 Å². The summed E-state index contributed by atoms with van der Waals surface area (Å²) in [5.74, 6) is 1.79. The molecule has 0 aromatic heterocycles. The van der Waals surface area contributed by atoms with Crippen LogP contribution in [-0.4, -0.2) is 67.6 Å². The SMILES string of the molecule is COC(=O)OC1(CSCc2ccccc2)N=CN(CCc2ccccc2)C1C1CCC(C(c2cccc(F)c2)N(C)C)CC1. The second kappa shape index (κ2) is 15.1. The molecule has 44 heavy (non-hydrogen) atoms. The standard InChI is InChI=1S/C36H44FN3O3S/c1-39(2)33(31-15-10-16-32(37)23-31)29-17-19-30(20-18-29)34-36(43-35(41)42-3,25-44-24-28-13-8-5-9-14-28)38-26-40(34)22-21-27-11-6-4-7-12-27/h4-16,23,26,29-30,33-34H,17-22,24-25H2,1-3H3. The van der Waals surface area contributed by atoms with E-state index < -0.39 is 11.9 Å². The summed E-state index contributed by atoms with van der Waals surface area (Å²) < 4.78 is 25.4. The van der Waals surface area contributed by atoms with Gasteiger partial charge in [0.1, 0.15) is 5.82 Å². The van der Waals surface area contributed by atoms with E-state index in [1.807, 2.05) is 36.7 Å². The maximum atomic E-state index is 14.2. The molecular weight excluding hydrogens is 573 g/mol. The Morgan fingerprint density at radius 3 is 2.32 bits per heavy atom. The molecule has 1 saturated carbocycles. The molecule has 0 amide bonds. The summed E-state index contributed by atoms with van der Waals surface area (Å²) in [4.78, 5) is 22.2. The van der Waals surface area contributed by atoms with Gasteiger partial charge in [-0.25, -0.2) is 14.2 Å². The van der Waals surface area contributed by atoms with Gasteiger partial charge in [-0.2, -0.15) is 11.8 Å². The maximum absolute atomic E-state index is 14.2. The number of aliphatic imine (C=N–C) groups is 1. The number of benzene rings is 3. The molecule has 0 saturated heterocycles. The van der Waals surface area contributed by atoms with Crippen molar-refractivity contribution >= 4 is 24.3 Å². The topological polar surface area (TPSA) is 54.4 Å². The van der Waals surface area contributed by atoms with Crippen LogP contribution < -0.4 is 0 Å². The van der Waals surface area contributed by atoms with Crippen LogP contribution in [0.25, 0.3) is 0 Å². The highest BCUT2D eigenvalue weighted by Gasteiger charge is 2.53. The molecule has 0 radical (unpaired) electrons. The Bertz CT molecular complexity index is 1370. The normalized spacial score (nSPS) is 23.9. The van der Waals surface area contributed by atoms with Crippen LogP contribution in [0.5, 0.6) is 0 Å². The number of nitrogens with zero attached hydrogens (tertiary/aromatic N) is 3. The summed E-state index contributed by atoms with van der Waals surface area (Å²) in [6, 6.07) is 27.8. The summed E-state index contributed by atoms with van der Waals surface area (Å²) in [6.07, 6.45) is 6.00. The van der Waals surface area contributed by atoms with E-state index in [1.165, 1.54) is 24.3 Å². The van der Waals surface area contributed by atoms with Crippen LogP contribution in [-0.2, 0) is 21.6 Å². The molecule has 1 heterocycles. The van der Waals surface area contributed by atoms with Crippen LogP contribution in [0.2, 0.25) is 0 Å². The first-order chi connectivity index (χ1) is 21.4. The molecular formula is C36H44FN3O3S. The minimum absolute atomic E-state index is 0.110. The van der Waals surface area contributed by atoms with Gasteiger partial charge >= 0.3 is 6.16 Å². The Kier molecular flexibility index (Phi) is 11.0. The number of carbonyl (C=O) groups is 1. The fraction of sp³-hybridized carbons (Fsp3) is 0.444. The van der Waals surface area contributed by atoms with Crippen molar-refractivity contribution in [3.63, 3.8) is 0 Å². The van der Waals surface area contributed by atoms with Gasteiger partial charge in [0.25, 0.3) is 0 Å². The monoisotopic (exact) mass is 617 g/mol. The molecule has 1 fully saturated rings. The van der Waals surface area contributed by atoms with E-state index in [2.05, 4.69) is 60.3 Å². The van der Waals surface area contributed by atoms with Crippen LogP contribution in [0, 0.1) is 17.7 Å². The predicted molar refractivity (Wildman–Crippen MR) is 176 cm³/mol. The molecule has 0 bridgehead atoms. The first kappa shape index (κ1) is 32.0. The van der Waals surface area contributed by atoms with Gasteiger partial charge < -0.3 is 19.3 Å². The van der Waals surface area contributed by atoms with Crippen molar-refractivity contribution in [3.05, 3.63) is 107 Å². The third-order valence-corrected chi connectivity index (χ3v) is 10.2. The second-order valence-corrected chi connectivity index (χ2v) is 13.2. The molecule has 3 aromatic rings. The van der Waals surface area contributed by atoms with Gasteiger partial charge in [-0.05, 0) is 86.9 Å². The van der Waals surface area contributed by atoms with Crippen molar-refractivity contribution < 1.29 is 18.7 Å². The molecule has 0 N–H and O–H groups in total. The second-order valence-electron chi connectivity index (χ2n) is 12.2. The molecule has 8 heteroatoms. The van der Waals surface area contributed by atoms with Gasteiger partial charge in [0.05, 0.1) is 25.2 Å². The molecule has 3 atom stereocenters. The zero-order valence-electron chi connectivity index (χ0n) is 26.0. The molecule has 5 rings (SSSR count). The van der Waals surface area contributed by atoms with E-state index in [4.69, 9.17) is 14.5 Å². The van der Waals surface area contributed by atoms with Crippen molar-refractivity contribution in [2.24, 2.45) is 16.8 Å². The smallest absolute Gasteiger partial charge is 0.438 e.